The van der Waals surface area contributed by atoms with Crippen molar-refractivity contribution in [1.82, 2.24) is 25.6 Å². The minimum atomic E-state index is -0.0836. The van der Waals surface area contributed by atoms with Crippen molar-refractivity contribution < 1.29 is 9.53 Å². The second-order valence-electron chi connectivity index (χ2n) is 3.60. The zero-order chi connectivity index (χ0) is 11.2. The van der Waals surface area contributed by atoms with Gasteiger partial charge in [-0.25, -0.2) is 4.68 Å². The molecule has 7 heteroatoms. The first-order valence-corrected chi connectivity index (χ1v) is 5.28. The van der Waals surface area contributed by atoms with Gasteiger partial charge >= 0.3 is 0 Å². The lowest BCUT2D eigenvalue weighted by atomic mass is 10.3. The van der Waals surface area contributed by atoms with E-state index in [4.69, 9.17) is 4.74 Å². The molecule has 0 aliphatic carbocycles. The van der Waals surface area contributed by atoms with E-state index in [1.165, 1.54) is 4.68 Å². The average Bonchev–Trinajstić information content (AvgIpc) is 2.81. The summed E-state index contributed by atoms with van der Waals surface area (Å²) in [7, 11) is 0. The van der Waals surface area contributed by atoms with E-state index in [1.54, 1.807) is 12.4 Å². The summed E-state index contributed by atoms with van der Waals surface area (Å²) in [5.41, 5.74) is 0. The third-order valence-corrected chi connectivity index (χ3v) is 2.31. The van der Waals surface area contributed by atoms with Crippen LogP contribution < -0.4 is 10.6 Å². The SMILES string of the molecule is O=C(Cn1ccnn1)NCC1CNCCO1. The Kier molecular flexibility index (Phi) is 3.84. The van der Waals surface area contributed by atoms with Crippen LogP contribution in [0.5, 0.6) is 0 Å². The molecule has 2 heterocycles. The molecule has 88 valence electrons. The van der Waals surface area contributed by atoms with Gasteiger partial charge in [0.05, 0.1) is 18.9 Å². The van der Waals surface area contributed by atoms with E-state index in [0.717, 1.165) is 13.1 Å². The molecular formula is C9H15N5O2. The Bertz CT molecular complexity index is 321. The van der Waals surface area contributed by atoms with Crippen molar-refractivity contribution in [3.8, 4) is 0 Å². The van der Waals surface area contributed by atoms with E-state index in [0.29, 0.717) is 13.2 Å². The molecular weight excluding hydrogens is 210 g/mol. The van der Waals surface area contributed by atoms with Gasteiger partial charge in [0, 0.05) is 25.8 Å². The number of carbonyl (C=O) groups is 1. The number of hydrogen-bond acceptors (Lipinski definition) is 5. The van der Waals surface area contributed by atoms with E-state index in [2.05, 4.69) is 20.9 Å². The normalized spacial score (nSPS) is 20.6. The third kappa shape index (κ3) is 3.28. The minimum Gasteiger partial charge on any atom is -0.374 e. The van der Waals surface area contributed by atoms with Crippen molar-refractivity contribution in [3.63, 3.8) is 0 Å². The Morgan fingerprint density at radius 3 is 3.31 bits per heavy atom. The molecule has 2 N–H and O–H groups in total. The van der Waals surface area contributed by atoms with Crippen LogP contribution in [0.4, 0.5) is 0 Å². The van der Waals surface area contributed by atoms with E-state index in [9.17, 15) is 4.79 Å². The highest BCUT2D eigenvalue weighted by Crippen LogP contribution is 1.93. The average molecular weight is 225 g/mol. The van der Waals surface area contributed by atoms with Crippen LogP contribution in [0.1, 0.15) is 0 Å². The van der Waals surface area contributed by atoms with Crippen LogP contribution in [0.25, 0.3) is 0 Å². The molecule has 1 unspecified atom stereocenters. The van der Waals surface area contributed by atoms with Crippen molar-refractivity contribution in [1.29, 1.82) is 0 Å². The Morgan fingerprint density at radius 1 is 1.69 bits per heavy atom. The number of nitrogens with zero attached hydrogens (tertiary/aromatic N) is 3. The number of morpholine rings is 1. The third-order valence-electron chi connectivity index (χ3n) is 2.31. The van der Waals surface area contributed by atoms with Gasteiger partial charge in [-0.2, -0.15) is 0 Å². The van der Waals surface area contributed by atoms with Crippen LogP contribution in [-0.2, 0) is 16.1 Å². The molecule has 1 atom stereocenters. The lowest BCUT2D eigenvalue weighted by Gasteiger charge is -2.23. The summed E-state index contributed by atoms with van der Waals surface area (Å²) >= 11 is 0. The maximum atomic E-state index is 11.5. The number of hydrogen-bond donors (Lipinski definition) is 2. The van der Waals surface area contributed by atoms with Gasteiger partial charge in [0.25, 0.3) is 0 Å². The smallest absolute Gasteiger partial charge is 0.241 e. The topological polar surface area (TPSA) is 81.1 Å². The molecule has 0 spiro atoms. The van der Waals surface area contributed by atoms with Crippen LogP contribution in [0.3, 0.4) is 0 Å². The predicted octanol–water partition coefficient (Wildman–Crippen LogP) is -1.62. The van der Waals surface area contributed by atoms with Crippen molar-refractivity contribution in [2.75, 3.05) is 26.2 Å². The number of ether oxygens (including phenoxy) is 1. The zero-order valence-corrected chi connectivity index (χ0v) is 8.93. The van der Waals surface area contributed by atoms with E-state index >= 15 is 0 Å². The monoisotopic (exact) mass is 225 g/mol. The molecule has 0 radical (unpaired) electrons. The van der Waals surface area contributed by atoms with Crippen molar-refractivity contribution in [3.05, 3.63) is 12.4 Å². The summed E-state index contributed by atoms with van der Waals surface area (Å²) in [5.74, 6) is -0.0836. The summed E-state index contributed by atoms with van der Waals surface area (Å²) in [5, 5.41) is 13.3. The van der Waals surface area contributed by atoms with Crippen molar-refractivity contribution in [2.24, 2.45) is 0 Å². The molecule has 0 saturated carbocycles. The molecule has 7 nitrogen and oxygen atoms in total. The number of carbonyl (C=O) groups excluding carboxylic acids is 1. The van der Waals surface area contributed by atoms with Gasteiger partial charge in [-0.15, -0.1) is 5.10 Å². The number of aromatic nitrogens is 3. The maximum absolute atomic E-state index is 11.5. The first kappa shape index (κ1) is 11.0. The Balaban J connectivity index is 1.67. The van der Waals surface area contributed by atoms with Crippen LogP contribution in [-0.4, -0.2) is 53.2 Å². The first-order valence-electron chi connectivity index (χ1n) is 5.28. The van der Waals surface area contributed by atoms with Gasteiger partial charge in [0.2, 0.25) is 5.91 Å². The molecule has 1 aliphatic heterocycles. The summed E-state index contributed by atoms with van der Waals surface area (Å²) in [6.45, 7) is 3.08. The van der Waals surface area contributed by atoms with Crippen LogP contribution in [0.2, 0.25) is 0 Å². The van der Waals surface area contributed by atoms with E-state index < -0.39 is 0 Å². The van der Waals surface area contributed by atoms with Gasteiger partial charge < -0.3 is 15.4 Å². The van der Waals surface area contributed by atoms with Gasteiger partial charge in [0.15, 0.2) is 0 Å². The summed E-state index contributed by atoms with van der Waals surface area (Å²) < 4.78 is 6.93. The fraction of sp³-hybridized carbons (Fsp3) is 0.667. The zero-order valence-electron chi connectivity index (χ0n) is 8.93. The highest BCUT2D eigenvalue weighted by atomic mass is 16.5. The Morgan fingerprint density at radius 2 is 2.62 bits per heavy atom. The highest BCUT2D eigenvalue weighted by Gasteiger charge is 2.14. The van der Waals surface area contributed by atoms with Gasteiger partial charge in [-0.05, 0) is 0 Å². The lowest BCUT2D eigenvalue weighted by molar-refractivity contribution is -0.122. The largest absolute Gasteiger partial charge is 0.374 e. The Labute approximate surface area is 93.2 Å². The fourth-order valence-corrected chi connectivity index (χ4v) is 1.50. The van der Waals surface area contributed by atoms with Crippen LogP contribution in [0.15, 0.2) is 12.4 Å². The summed E-state index contributed by atoms with van der Waals surface area (Å²) in [6.07, 6.45) is 3.26. The molecule has 0 aromatic carbocycles. The van der Waals surface area contributed by atoms with Crippen LogP contribution >= 0.6 is 0 Å². The molecule has 16 heavy (non-hydrogen) atoms. The molecule has 1 amide bonds. The molecule has 2 rings (SSSR count). The first-order chi connectivity index (χ1) is 7.84. The fourth-order valence-electron chi connectivity index (χ4n) is 1.50. The van der Waals surface area contributed by atoms with Gasteiger partial charge in [-0.1, -0.05) is 5.21 Å². The molecule has 1 aromatic rings. The lowest BCUT2D eigenvalue weighted by Crippen LogP contribution is -2.45. The van der Waals surface area contributed by atoms with Crippen LogP contribution in [0, 0.1) is 0 Å². The van der Waals surface area contributed by atoms with Crippen molar-refractivity contribution in [2.45, 2.75) is 12.6 Å². The van der Waals surface area contributed by atoms with Gasteiger partial charge in [0.1, 0.15) is 6.54 Å². The molecule has 1 aromatic heterocycles. The maximum Gasteiger partial charge on any atom is 0.241 e. The summed E-state index contributed by atoms with van der Waals surface area (Å²) in [4.78, 5) is 11.5. The molecule has 0 bridgehead atoms. The highest BCUT2D eigenvalue weighted by molar-refractivity contribution is 5.75. The molecule has 1 saturated heterocycles. The molecule has 1 aliphatic rings. The quantitative estimate of drug-likeness (QED) is 0.644. The van der Waals surface area contributed by atoms with E-state index in [-0.39, 0.29) is 18.6 Å². The summed E-state index contributed by atoms with van der Waals surface area (Å²) in [6, 6.07) is 0. The Hall–Kier alpha value is -1.47. The second kappa shape index (κ2) is 5.57. The van der Waals surface area contributed by atoms with Crippen molar-refractivity contribution >= 4 is 5.91 Å². The number of nitrogens with one attached hydrogen (secondary N) is 2. The second-order valence-corrected chi connectivity index (χ2v) is 3.60. The minimum absolute atomic E-state index is 0.0634. The number of rotatable bonds is 4. The number of amides is 1. The van der Waals surface area contributed by atoms with Gasteiger partial charge in [-0.3, -0.25) is 4.79 Å². The predicted molar refractivity (Wildman–Crippen MR) is 55.6 cm³/mol. The molecule has 1 fully saturated rings. The van der Waals surface area contributed by atoms with E-state index in [1.807, 2.05) is 0 Å². The standard InChI is InChI=1S/C9H15N5O2/c15-9(7-14-3-1-12-13-14)11-6-8-5-10-2-4-16-8/h1,3,8,10H,2,4-7H2,(H,11,15).